The predicted molar refractivity (Wildman–Crippen MR) is 118 cm³/mol. The molecule has 0 aliphatic carbocycles. The summed E-state index contributed by atoms with van der Waals surface area (Å²) >= 11 is 12.1. The highest BCUT2D eigenvalue weighted by atomic mass is 35.5. The second-order valence-electron chi connectivity index (χ2n) is 7.64. The number of piperazine rings is 1. The molecule has 30 heavy (non-hydrogen) atoms. The van der Waals surface area contributed by atoms with Crippen LogP contribution in [-0.4, -0.2) is 58.9 Å². The summed E-state index contributed by atoms with van der Waals surface area (Å²) in [5.41, 5.74) is 0.300. The highest BCUT2D eigenvalue weighted by Crippen LogP contribution is 2.21. The molecule has 1 fully saturated rings. The Morgan fingerprint density at radius 3 is 2.37 bits per heavy atom. The SMILES string of the molecule is CC(C)C[C@@H](NC(=O)c1ccc(Cl)cc1Cl)C(=O)N1CCN(c2ncccn2)CC1. The molecule has 0 saturated carbocycles. The number of amides is 2. The fourth-order valence-corrected chi connectivity index (χ4v) is 3.90. The van der Waals surface area contributed by atoms with Crippen molar-refractivity contribution in [1.82, 2.24) is 20.2 Å². The predicted octanol–water partition coefficient (Wildman–Crippen LogP) is 3.28. The monoisotopic (exact) mass is 449 g/mol. The van der Waals surface area contributed by atoms with Crippen molar-refractivity contribution in [2.24, 2.45) is 5.92 Å². The van der Waals surface area contributed by atoms with Gasteiger partial charge >= 0.3 is 0 Å². The molecule has 0 unspecified atom stereocenters. The van der Waals surface area contributed by atoms with Crippen LogP contribution in [0.25, 0.3) is 0 Å². The number of aromatic nitrogens is 2. The minimum atomic E-state index is -0.622. The van der Waals surface area contributed by atoms with Crippen molar-refractivity contribution in [3.63, 3.8) is 0 Å². The number of rotatable bonds is 6. The summed E-state index contributed by atoms with van der Waals surface area (Å²) in [7, 11) is 0. The Bertz CT molecular complexity index is 886. The molecule has 1 aromatic carbocycles. The Hall–Kier alpha value is -2.38. The van der Waals surface area contributed by atoms with E-state index in [4.69, 9.17) is 23.2 Å². The zero-order valence-electron chi connectivity index (χ0n) is 17.0. The van der Waals surface area contributed by atoms with Crippen molar-refractivity contribution < 1.29 is 9.59 Å². The fourth-order valence-electron chi connectivity index (χ4n) is 3.40. The maximum absolute atomic E-state index is 13.2. The molecule has 1 aromatic heterocycles. The van der Waals surface area contributed by atoms with E-state index < -0.39 is 6.04 Å². The molecule has 1 aliphatic rings. The zero-order chi connectivity index (χ0) is 21.7. The third-order valence-corrected chi connectivity index (χ3v) is 5.46. The minimum absolute atomic E-state index is 0.0873. The third-order valence-electron chi connectivity index (χ3n) is 4.91. The van der Waals surface area contributed by atoms with Gasteiger partial charge < -0.3 is 15.1 Å². The number of halogens is 2. The Kier molecular flexibility index (Phi) is 7.50. The molecule has 2 amide bonds. The van der Waals surface area contributed by atoms with E-state index in [0.717, 1.165) is 0 Å². The molecule has 0 radical (unpaired) electrons. The van der Waals surface area contributed by atoms with Gasteiger partial charge in [0.05, 0.1) is 10.6 Å². The van der Waals surface area contributed by atoms with Gasteiger partial charge in [-0.05, 0) is 36.6 Å². The van der Waals surface area contributed by atoms with Gasteiger partial charge in [-0.15, -0.1) is 0 Å². The number of hydrogen-bond acceptors (Lipinski definition) is 5. The summed E-state index contributed by atoms with van der Waals surface area (Å²) in [6.07, 6.45) is 3.95. The lowest BCUT2D eigenvalue weighted by Crippen LogP contribution is -2.55. The molecule has 1 atom stereocenters. The summed E-state index contributed by atoms with van der Waals surface area (Å²) in [6, 6.07) is 5.84. The van der Waals surface area contributed by atoms with Crippen molar-refractivity contribution in [1.29, 1.82) is 0 Å². The van der Waals surface area contributed by atoms with Crippen molar-refractivity contribution in [3.05, 3.63) is 52.3 Å². The topological polar surface area (TPSA) is 78.4 Å². The van der Waals surface area contributed by atoms with Crippen LogP contribution >= 0.6 is 23.2 Å². The van der Waals surface area contributed by atoms with E-state index >= 15 is 0 Å². The molecule has 1 saturated heterocycles. The zero-order valence-corrected chi connectivity index (χ0v) is 18.5. The molecule has 2 aromatic rings. The number of nitrogens with zero attached hydrogens (tertiary/aromatic N) is 4. The van der Waals surface area contributed by atoms with Gasteiger partial charge in [-0.3, -0.25) is 9.59 Å². The molecule has 0 spiro atoms. The highest BCUT2D eigenvalue weighted by molar-refractivity contribution is 6.36. The molecule has 0 bridgehead atoms. The lowest BCUT2D eigenvalue weighted by atomic mass is 10.0. The molecule has 3 rings (SSSR count). The number of nitrogens with one attached hydrogen (secondary N) is 1. The van der Waals surface area contributed by atoms with Crippen LogP contribution < -0.4 is 10.2 Å². The van der Waals surface area contributed by atoms with Crippen LogP contribution in [0.2, 0.25) is 10.0 Å². The van der Waals surface area contributed by atoms with E-state index in [1.54, 1.807) is 35.5 Å². The number of carbonyl (C=O) groups is 2. The second kappa shape index (κ2) is 10.1. The maximum atomic E-state index is 13.2. The standard InChI is InChI=1S/C21H25Cl2N5O2/c1-14(2)12-18(26-19(29)16-5-4-15(22)13-17(16)23)20(30)27-8-10-28(11-9-27)21-24-6-3-7-25-21/h3-7,13-14,18H,8-12H2,1-2H3,(H,26,29)/t18-/m1/s1. The Morgan fingerprint density at radius 1 is 1.10 bits per heavy atom. The molecule has 1 N–H and O–H groups in total. The van der Waals surface area contributed by atoms with Crippen LogP contribution in [0.4, 0.5) is 5.95 Å². The number of carbonyl (C=O) groups excluding carboxylic acids is 2. The largest absolute Gasteiger partial charge is 0.340 e. The normalized spacial score (nSPS) is 15.2. The van der Waals surface area contributed by atoms with Crippen LogP contribution in [0.3, 0.4) is 0 Å². The van der Waals surface area contributed by atoms with Gasteiger partial charge in [0.2, 0.25) is 11.9 Å². The molecular weight excluding hydrogens is 425 g/mol. The summed E-state index contributed by atoms with van der Waals surface area (Å²) in [5, 5.41) is 3.58. The first-order valence-electron chi connectivity index (χ1n) is 9.92. The summed E-state index contributed by atoms with van der Waals surface area (Å²) in [4.78, 5) is 38.3. The van der Waals surface area contributed by atoms with Gasteiger partial charge in [-0.2, -0.15) is 0 Å². The van der Waals surface area contributed by atoms with Crippen LogP contribution in [-0.2, 0) is 4.79 Å². The van der Waals surface area contributed by atoms with E-state index in [0.29, 0.717) is 49.1 Å². The lowest BCUT2D eigenvalue weighted by Gasteiger charge is -2.36. The van der Waals surface area contributed by atoms with Gasteiger partial charge in [0.15, 0.2) is 0 Å². The van der Waals surface area contributed by atoms with E-state index in [9.17, 15) is 9.59 Å². The van der Waals surface area contributed by atoms with Crippen LogP contribution in [0.1, 0.15) is 30.6 Å². The summed E-state index contributed by atoms with van der Waals surface area (Å²) < 4.78 is 0. The van der Waals surface area contributed by atoms with Gasteiger partial charge in [0.1, 0.15) is 6.04 Å². The van der Waals surface area contributed by atoms with Crippen molar-refractivity contribution in [3.8, 4) is 0 Å². The van der Waals surface area contributed by atoms with Crippen LogP contribution in [0, 0.1) is 5.92 Å². The number of benzene rings is 1. The Morgan fingerprint density at radius 2 is 1.77 bits per heavy atom. The van der Waals surface area contributed by atoms with E-state index in [1.165, 1.54) is 6.07 Å². The van der Waals surface area contributed by atoms with Gasteiger partial charge in [-0.25, -0.2) is 9.97 Å². The molecule has 160 valence electrons. The maximum Gasteiger partial charge on any atom is 0.253 e. The Labute approximate surface area is 186 Å². The smallest absolute Gasteiger partial charge is 0.253 e. The fraction of sp³-hybridized carbons (Fsp3) is 0.429. The van der Waals surface area contributed by atoms with Crippen LogP contribution in [0.5, 0.6) is 0 Å². The average molecular weight is 450 g/mol. The first-order valence-corrected chi connectivity index (χ1v) is 10.7. The quantitative estimate of drug-likeness (QED) is 0.731. The number of hydrogen-bond donors (Lipinski definition) is 1. The molecular formula is C21H25Cl2N5O2. The minimum Gasteiger partial charge on any atom is -0.340 e. The average Bonchev–Trinajstić information content (AvgIpc) is 2.73. The number of anilines is 1. The lowest BCUT2D eigenvalue weighted by molar-refractivity contribution is -0.134. The van der Waals surface area contributed by atoms with Crippen molar-refractivity contribution >= 4 is 41.0 Å². The first-order chi connectivity index (χ1) is 14.3. The van der Waals surface area contributed by atoms with E-state index in [1.807, 2.05) is 18.7 Å². The molecule has 7 nitrogen and oxygen atoms in total. The molecule has 1 aliphatic heterocycles. The Balaban J connectivity index is 1.66. The van der Waals surface area contributed by atoms with E-state index in [-0.39, 0.29) is 22.8 Å². The van der Waals surface area contributed by atoms with Crippen molar-refractivity contribution in [2.45, 2.75) is 26.3 Å². The van der Waals surface area contributed by atoms with Gasteiger partial charge in [0.25, 0.3) is 5.91 Å². The third kappa shape index (κ3) is 5.61. The summed E-state index contributed by atoms with van der Waals surface area (Å²) in [6.45, 7) is 6.41. The summed E-state index contributed by atoms with van der Waals surface area (Å²) in [5.74, 6) is 0.427. The van der Waals surface area contributed by atoms with Crippen molar-refractivity contribution in [2.75, 3.05) is 31.1 Å². The molecule has 9 heteroatoms. The highest BCUT2D eigenvalue weighted by Gasteiger charge is 2.30. The first kappa shape index (κ1) is 22.3. The van der Waals surface area contributed by atoms with Gasteiger partial charge in [-0.1, -0.05) is 37.0 Å². The van der Waals surface area contributed by atoms with Crippen LogP contribution in [0.15, 0.2) is 36.7 Å². The van der Waals surface area contributed by atoms with Gasteiger partial charge in [0, 0.05) is 43.6 Å². The second-order valence-corrected chi connectivity index (χ2v) is 8.48. The molecule has 2 heterocycles. The van der Waals surface area contributed by atoms with E-state index in [2.05, 4.69) is 15.3 Å².